The van der Waals surface area contributed by atoms with Crippen LogP contribution in [0.25, 0.3) is 0 Å². The Morgan fingerprint density at radius 2 is 1.88 bits per heavy atom. The number of carbonyl (C=O) groups is 1. The Bertz CT molecular complexity index is 806. The first-order chi connectivity index (χ1) is 12.6. The molecule has 2 aromatic rings. The van der Waals surface area contributed by atoms with Crippen molar-refractivity contribution in [2.24, 2.45) is 5.92 Å². The minimum Gasteiger partial charge on any atom is -0.380 e. The summed E-state index contributed by atoms with van der Waals surface area (Å²) in [5, 5.41) is 3.25. The van der Waals surface area contributed by atoms with Crippen molar-refractivity contribution >= 4 is 12.0 Å². The predicted molar refractivity (Wildman–Crippen MR) is 105 cm³/mol. The number of rotatable bonds is 6. The summed E-state index contributed by atoms with van der Waals surface area (Å²) < 4.78 is 1.77. The van der Waals surface area contributed by atoms with Crippen LogP contribution < -0.4 is 10.9 Å². The second-order valence-corrected chi connectivity index (χ2v) is 7.21. The molecule has 0 aliphatic carbocycles. The summed E-state index contributed by atoms with van der Waals surface area (Å²) in [5.74, 6) is 0.491. The molecular weight excluding hydrogens is 326 g/mol. The smallest absolute Gasteiger partial charge is 0.252 e. The van der Waals surface area contributed by atoms with Crippen molar-refractivity contribution < 1.29 is 4.79 Å². The third-order valence-corrected chi connectivity index (χ3v) is 5.34. The van der Waals surface area contributed by atoms with E-state index in [1.54, 1.807) is 10.6 Å². The van der Waals surface area contributed by atoms with Crippen LogP contribution in [0.2, 0.25) is 0 Å². The molecule has 26 heavy (non-hydrogen) atoms. The van der Waals surface area contributed by atoms with Gasteiger partial charge in [-0.25, -0.2) is 0 Å². The maximum absolute atomic E-state index is 12.7. The third kappa shape index (κ3) is 4.22. The lowest BCUT2D eigenvalue weighted by molar-refractivity contribution is 0.112. The Kier molecular flexibility index (Phi) is 5.89. The second-order valence-electron chi connectivity index (χ2n) is 7.21. The van der Waals surface area contributed by atoms with E-state index < -0.39 is 0 Å². The molecule has 138 valence electrons. The maximum atomic E-state index is 12.7. The molecule has 0 bridgehead atoms. The molecule has 5 nitrogen and oxygen atoms in total. The predicted octanol–water partition coefficient (Wildman–Crippen LogP) is 2.92. The van der Waals surface area contributed by atoms with E-state index in [-0.39, 0.29) is 5.56 Å². The Morgan fingerprint density at radius 3 is 2.54 bits per heavy atom. The first-order valence-electron chi connectivity index (χ1n) is 9.24. The number of pyridine rings is 1. The van der Waals surface area contributed by atoms with Crippen molar-refractivity contribution in [3.8, 4) is 0 Å². The molecule has 0 spiro atoms. The third-order valence-electron chi connectivity index (χ3n) is 5.34. The molecule has 1 aromatic heterocycles. The van der Waals surface area contributed by atoms with Crippen molar-refractivity contribution in [2.45, 2.75) is 32.9 Å². The second kappa shape index (κ2) is 8.32. The zero-order valence-electron chi connectivity index (χ0n) is 15.6. The summed E-state index contributed by atoms with van der Waals surface area (Å²) in [7, 11) is 2.13. The van der Waals surface area contributed by atoms with Crippen LogP contribution in [0, 0.1) is 12.8 Å². The van der Waals surface area contributed by atoms with Gasteiger partial charge in [0.15, 0.2) is 6.29 Å². The number of hydrogen-bond donors (Lipinski definition) is 1. The highest BCUT2D eigenvalue weighted by Gasteiger charge is 2.20. The fourth-order valence-corrected chi connectivity index (χ4v) is 3.60. The van der Waals surface area contributed by atoms with Crippen LogP contribution in [-0.4, -0.2) is 35.9 Å². The van der Waals surface area contributed by atoms with E-state index in [0.29, 0.717) is 30.3 Å². The number of nitrogens with one attached hydrogen (secondary N) is 1. The normalized spacial score (nSPS) is 15.8. The van der Waals surface area contributed by atoms with Gasteiger partial charge in [0.05, 0.1) is 11.3 Å². The molecule has 2 heterocycles. The molecule has 1 aliphatic heterocycles. The van der Waals surface area contributed by atoms with Crippen molar-refractivity contribution in [3.63, 3.8) is 0 Å². The minimum absolute atomic E-state index is 0.0393. The first kappa shape index (κ1) is 18.4. The van der Waals surface area contributed by atoms with E-state index in [9.17, 15) is 9.59 Å². The fraction of sp³-hybridized carbons (Fsp3) is 0.429. The minimum atomic E-state index is -0.0393. The van der Waals surface area contributed by atoms with Crippen molar-refractivity contribution in [1.82, 2.24) is 9.47 Å². The monoisotopic (exact) mass is 353 g/mol. The molecule has 1 aliphatic rings. The molecule has 0 saturated carbocycles. The van der Waals surface area contributed by atoms with Crippen molar-refractivity contribution in [3.05, 3.63) is 63.6 Å². The molecule has 1 fully saturated rings. The molecule has 0 radical (unpaired) electrons. The fourth-order valence-electron chi connectivity index (χ4n) is 3.60. The summed E-state index contributed by atoms with van der Waals surface area (Å²) in [6.07, 6.45) is 3.03. The number of aldehydes is 1. The summed E-state index contributed by atoms with van der Waals surface area (Å²) in [6, 6.07) is 11.5. The van der Waals surface area contributed by atoms with Crippen LogP contribution in [0.4, 0.5) is 5.69 Å². The number of anilines is 1. The topological polar surface area (TPSA) is 54.3 Å². The van der Waals surface area contributed by atoms with E-state index in [2.05, 4.69) is 17.3 Å². The number of carbonyl (C=O) groups excluding carboxylic acids is 1. The lowest BCUT2D eigenvalue weighted by Gasteiger charge is -2.30. The largest absolute Gasteiger partial charge is 0.380 e. The molecule has 0 atom stereocenters. The van der Waals surface area contributed by atoms with Gasteiger partial charge in [0.25, 0.3) is 5.56 Å². The van der Waals surface area contributed by atoms with Gasteiger partial charge in [-0.05, 0) is 51.4 Å². The average molecular weight is 353 g/mol. The number of nitrogens with zero attached hydrogens (tertiary/aromatic N) is 2. The van der Waals surface area contributed by atoms with Gasteiger partial charge in [0.2, 0.25) is 0 Å². The molecule has 5 heteroatoms. The number of piperidine rings is 1. The van der Waals surface area contributed by atoms with Gasteiger partial charge in [0, 0.05) is 24.8 Å². The van der Waals surface area contributed by atoms with Gasteiger partial charge in [-0.1, -0.05) is 30.3 Å². The number of hydrogen-bond acceptors (Lipinski definition) is 4. The average Bonchev–Trinajstić information content (AvgIpc) is 2.65. The van der Waals surface area contributed by atoms with E-state index in [1.807, 2.05) is 37.3 Å². The van der Waals surface area contributed by atoms with Crippen LogP contribution in [0.3, 0.4) is 0 Å². The Hall–Kier alpha value is -2.40. The SMILES string of the molecule is Cc1c(C=O)c(NCc2ccccc2)cc(=O)n1CC1CCN(C)CC1. The number of likely N-dealkylation sites (tertiary alicyclic amines) is 1. The molecule has 0 unspecified atom stereocenters. The number of aromatic nitrogens is 1. The van der Waals surface area contributed by atoms with Crippen molar-refractivity contribution in [2.75, 3.05) is 25.5 Å². The molecule has 1 N–H and O–H groups in total. The number of benzene rings is 1. The van der Waals surface area contributed by atoms with E-state index in [1.165, 1.54) is 0 Å². The van der Waals surface area contributed by atoms with Gasteiger partial charge in [0.1, 0.15) is 0 Å². The van der Waals surface area contributed by atoms with Gasteiger partial charge in [-0.3, -0.25) is 9.59 Å². The van der Waals surface area contributed by atoms with Crippen LogP contribution in [0.15, 0.2) is 41.2 Å². The summed E-state index contributed by atoms with van der Waals surface area (Å²) in [4.78, 5) is 26.7. The van der Waals surface area contributed by atoms with Crippen molar-refractivity contribution in [1.29, 1.82) is 0 Å². The lowest BCUT2D eigenvalue weighted by atomic mass is 9.96. The van der Waals surface area contributed by atoms with Gasteiger partial charge < -0.3 is 14.8 Å². The first-order valence-corrected chi connectivity index (χ1v) is 9.24. The summed E-state index contributed by atoms with van der Waals surface area (Å²) in [5.41, 5.74) is 3.02. The summed E-state index contributed by atoms with van der Waals surface area (Å²) in [6.45, 7) is 5.27. The van der Waals surface area contributed by atoms with Crippen LogP contribution in [0.1, 0.15) is 34.5 Å². The molecule has 1 aromatic carbocycles. The highest BCUT2D eigenvalue weighted by atomic mass is 16.1. The van der Waals surface area contributed by atoms with Crippen LogP contribution in [0.5, 0.6) is 0 Å². The van der Waals surface area contributed by atoms with Crippen LogP contribution >= 0.6 is 0 Å². The zero-order chi connectivity index (χ0) is 18.5. The van der Waals surface area contributed by atoms with Gasteiger partial charge in [-0.2, -0.15) is 0 Å². The maximum Gasteiger partial charge on any atom is 0.252 e. The Morgan fingerprint density at radius 1 is 1.19 bits per heavy atom. The zero-order valence-corrected chi connectivity index (χ0v) is 15.6. The highest BCUT2D eigenvalue weighted by molar-refractivity contribution is 5.85. The quantitative estimate of drug-likeness (QED) is 0.812. The lowest BCUT2D eigenvalue weighted by Crippen LogP contribution is -2.34. The Balaban J connectivity index is 1.80. The van der Waals surface area contributed by atoms with E-state index >= 15 is 0 Å². The molecule has 0 amide bonds. The van der Waals surface area contributed by atoms with Crippen LogP contribution in [-0.2, 0) is 13.1 Å². The van der Waals surface area contributed by atoms with E-state index in [0.717, 1.165) is 43.5 Å². The highest BCUT2D eigenvalue weighted by Crippen LogP contribution is 2.21. The Labute approximate surface area is 154 Å². The molecule has 1 saturated heterocycles. The standard InChI is InChI=1S/C21H27N3O2/c1-16-19(15-25)20(22-13-17-6-4-3-5-7-17)12-21(26)24(16)14-18-8-10-23(2)11-9-18/h3-7,12,15,18,22H,8-11,13-14H2,1-2H3. The van der Waals surface area contributed by atoms with Gasteiger partial charge >= 0.3 is 0 Å². The van der Waals surface area contributed by atoms with Gasteiger partial charge in [-0.15, -0.1) is 0 Å². The molecule has 3 rings (SSSR count). The summed E-state index contributed by atoms with van der Waals surface area (Å²) >= 11 is 0. The molecular formula is C21H27N3O2. The van der Waals surface area contributed by atoms with E-state index in [4.69, 9.17) is 0 Å².